The molecule has 9 atom stereocenters. The number of hydrogen-bond donors (Lipinski definition) is 9. The van der Waals surface area contributed by atoms with Crippen molar-refractivity contribution in [2.75, 3.05) is 86.7 Å². The van der Waals surface area contributed by atoms with E-state index in [0.29, 0.717) is 43.5 Å². The SMILES string of the molecule is CCC(C)C(C(CC(=O)N1CCCC1C(OC)C(C)C(=O)NC(Cc1ccccc1)C(=O)NCc1ccc(NC(=O)C(CCCNC(N)=O)CNC(=O)COCC(=O)NC(C)(C)CO)cc1)OC)N(C)C(=O)CNC(=O)C(C(C)C)N(C)C. The van der Waals surface area contributed by atoms with E-state index in [1.54, 1.807) is 61.9 Å². The molecule has 2 aromatic rings. The molecule has 3 rings (SSSR count). The van der Waals surface area contributed by atoms with E-state index in [4.69, 9.17) is 19.9 Å². The highest BCUT2D eigenvalue weighted by Gasteiger charge is 2.43. The lowest BCUT2D eigenvalue weighted by Gasteiger charge is -2.39. The zero-order valence-electron chi connectivity index (χ0n) is 50.8. The summed E-state index contributed by atoms with van der Waals surface area (Å²) in [5, 5.41) is 28.7. The number of carbonyl (C=O) groups is 9. The number of nitrogens with zero attached hydrogens (tertiary/aromatic N) is 3. The minimum atomic E-state index is -1.01. The molecule has 24 nitrogen and oxygen atoms in total. The second-order valence-corrected chi connectivity index (χ2v) is 22.7. The lowest BCUT2D eigenvalue weighted by atomic mass is 9.90. The van der Waals surface area contributed by atoms with Gasteiger partial charge in [-0.05, 0) is 88.7 Å². The monoisotopic (exact) mass is 1170 g/mol. The second kappa shape index (κ2) is 35.4. The smallest absolute Gasteiger partial charge is 0.312 e. The average molecular weight is 1170 g/mol. The van der Waals surface area contributed by atoms with Gasteiger partial charge in [0.15, 0.2) is 0 Å². The average Bonchev–Trinajstić information content (AvgIpc) is 3.95. The number of urea groups is 1. The van der Waals surface area contributed by atoms with Crippen LogP contribution in [-0.4, -0.2) is 196 Å². The molecule has 1 heterocycles. The molecule has 0 spiro atoms. The molecule has 0 saturated carbocycles. The number of likely N-dealkylation sites (N-methyl/N-ethyl adjacent to an activating group) is 2. The fourth-order valence-corrected chi connectivity index (χ4v) is 10.3. The number of aliphatic hydroxyl groups excluding tert-OH is 1. The van der Waals surface area contributed by atoms with Crippen LogP contribution >= 0.6 is 0 Å². The maximum atomic E-state index is 14.4. The fraction of sp³-hybridized carbons (Fsp3) is 0.644. The van der Waals surface area contributed by atoms with Crippen LogP contribution in [0.3, 0.4) is 0 Å². The third-order valence-corrected chi connectivity index (χ3v) is 15.1. The van der Waals surface area contributed by atoms with Crippen molar-refractivity contribution < 1.29 is 62.5 Å². The van der Waals surface area contributed by atoms with E-state index in [1.807, 2.05) is 77.0 Å². The molecule has 2 aromatic carbocycles. The van der Waals surface area contributed by atoms with Crippen molar-refractivity contribution in [2.45, 2.75) is 142 Å². The van der Waals surface area contributed by atoms with Gasteiger partial charge < -0.3 is 72.1 Å². The van der Waals surface area contributed by atoms with Gasteiger partial charge in [0, 0.05) is 59.6 Å². The number of nitrogens with two attached hydrogens (primary N) is 1. The normalized spacial score (nSPS) is 16.3. The Morgan fingerprint density at radius 2 is 1.47 bits per heavy atom. The number of amides is 10. The van der Waals surface area contributed by atoms with Gasteiger partial charge in [0.2, 0.25) is 47.3 Å². The molecule has 24 heteroatoms. The molecule has 0 radical (unpaired) electrons. The summed E-state index contributed by atoms with van der Waals surface area (Å²) in [4.78, 5) is 124. The summed E-state index contributed by atoms with van der Waals surface area (Å²) in [5.41, 5.74) is 6.26. The van der Waals surface area contributed by atoms with E-state index in [0.717, 1.165) is 5.56 Å². The van der Waals surface area contributed by atoms with E-state index in [1.165, 1.54) is 14.2 Å². The molecule has 1 aliphatic rings. The van der Waals surface area contributed by atoms with Crippen LogP contribution in [0.4, 0.5) is 10.5 Å². The number of hydrogen-bond acceptors (Lipinski definition) is 14. The highest BCUT2D eigenvalue weighted by Crippen LogP contribution is 2.30. The van der Waals surface area contributed by atoms with Gasteiger partial charge in [-0.15, -0.1) is 0 Å². The minimum absolute atomic E-state index is 0.0203. The number of anilines is 1. The number of nitrogens with one attached hydrogen (secondary N) is 7. The fourth-order valence-electron chi connectivity index (χ4n) is 10.3. The van der Waals surface area contributed by atoms with Gasteiger partial charge in [-0.3, -0.25) is 43.3 Å². The second-order valence-electron chi connectivity index (χ2n) is 22.7. The van der Waals surface area contributed by atoms with Crippen LogP contribution in [0.15, 0.2) is 54.6 Å². The van der Waals surface area contributed by atoms with Crippen LogP contribution < -0.4 is 43.0 Å². The van der Waals surface area contributed by atoms with E-state index in [-0.39, 0.29) is 81.6 Å². The summed E-state index contributed by atoms with van der Waals surface area (Å²) < 4.78 is 17.2. The molecule has 83 heavy (non-hydrogen) atoms. The van der Waals surface area contributed by atoms with Crippen molar-refractivity contribution in [1.29, 1.82) is 0 Å². The lowest BCUT2D eigenvalue weighted by molar-refractivity contribution is -0.146. The molecule has 0 bridgehead atoms. The van der Waals surface area contributed by atoms with Crippen LogP contribution in [-0.2, 0) is 65.5 Å². The first-order valence-corrected chi connectivity index (χ1v) is 28.6. The predicted molar refractivity (Wildman–Crippen MR) is 314 cm³/mol. The van der Waals surface area contributed by atoms with Gasteiger partial charge in [0.25, 0.3) is 0 Å². The Balaban J connectivity index is 1.69. The quantitative estimate of drug-likeness (QED) is 0.0439. The maximum Gasteiger partial charge on any atom is 0.312 e. The molecular weight excluding hydrogens is 1070 g/mol. The summed E-state index contributed by atoms with van der Waals surface area (Å²) in [6.45, 7) is 12.1. The van der Waals surface area contributed by atoms with E-state index in [2.05, 4.69) is 37.2 Å². The van der Waals surface area contributed by atoms with E-state index in [9.17, 15) is 48.3 Å². The Bertz CT molecular complexity index is 2400. The number of carbonyl (C=O) groups excluding carboxylic acids is 9. The van der Waals surface area contributed by atoms with Gasteiger partial charge in [-0.2, -0.15) is 0 Å². The Hall–Kier alpha value is -6.73. The molecule has 0 aromatic heterocycles. The molecule has 1 fully saturated rings. The highest BCUT2D eigenvalue weighted by atomic mass is 16.5. The number of aliphatic hydroxyl groups is 1. The Morgan fingerprint density at radius 3 is 2.06 bits per heavy atom. The Kier molecular flexibility index (Phi) is 30.1. The molecule has 10 amide bonds. The molecule has 1 aliphatic heterocycles. The van der Waals surface area contributed by atoms with Crippen LogP contribution in [0.5, 0.6) is 0 Å². The Morgan fingerprint density at radius 1 is 0.807 bits per heavy atom. The first-order valence-electron chi connectivity index (χ1n) is 28.6. The van der Waals surface area contributed by atoms with Gasteiger partial charge in [0.05, 0.1) is 67.3 Å². The largest absolute Gasteiger partial charge is 0.394 e. The van der Waals surface area contributed by atoms with Crippen molar-refractivity contribution in [3.8, 4) is 0 Å². The number of benzene rings is 2. The summed E-state index contributed by atoms with van der Waals surface area (Å²) in [6.07, 6.45) is 1.23. The zero-order valence-corrected chi connectivity index (χ0v) is 50.8. The third kappa shape index (κ3) is 23.5. The van der Waals surface area contributed by atoms with Crippen molar-refractivity contribution in [3.05, 3.63) is 65.7 Å². The van der Waals surface area contributed by atoms with Crippen LogP contribution in [0, 0.1) is 23.7 Å². The first kappa shape index (κ1) is 70.5. The number of methoxy groups -OCH3 is 2. The highest BCUT2D eigenvalue weighted by molar-refractivity contribution is 5.93. The summed E-state index contributed by atoms with van der Waals surface area (Å²) in [7, 11) is 8.32. The van der Waals surface area contributed by atoms with Crippen molar-refractivity contribution >= 4 is 59.0 Å². The molecule has 9 unspecified atom stereocenters. The van der Waals surface area contributed by atoms with E-state index < -0.39 is 103 Å². The number of likely N-dealkylation sites (tertiary alicyclic amines) is 1. The number of primary amides is 1. The Labute approximate surface area is 490 Å². The van der Waals surface area contributed by atoms with Gasteiger partial charge in [0.1, 0.15) is 19.3 Å². The van der Waals surface area contributed by atoms with Gasteiger partial charge in [-0.1, -0.05) is 83.5 Å². The topological polar surface area (TPSA) is 322 Å². The third-order valence-electron chi connectivity index (χ3n) is 15.1. The predicted octanol–water partition coefficient (Wildman–Crippen LogP) is 1.68. The van der Waals surface area contributed by atoms with Crippen molar-refractivity contribution in [3.63, 3.8) is 0 Å². The summed E-state index contributed by atoms with van der Waals surface area (Å²) in [5.74, 6) is -4.80. The zero-order chi connectivity index (χ0) is 62.0. The first-order chi connectivity index (χ1) is 39.3. The van der Waals surface area contributed by atoms with Crippen LogP contribution in [0.2, 0.25) is 0 Å². The summed E-state index contributed by atoms with van der Waals surface area (Å²) in [6, 6.07) is 12.9. The number of rotatable bonds is 36. The molecule has 0 aliphatic carbocycles. The molecule has 1 saturated heterocycles. The minimum Gasteiger partial charge on any atom is -0.394 e. The molecule has 464 valence electrons. The summed E-state index contributed by atoms with van der Waals surface area (Å²) >= 11 is 0. The maximum absolute atomic E-state index is 14.4. The van der Waals surface area contributed by atoms with Crippen LogP contribution in [0.25, 0.3) is 0 Å². The van der Waals surface area contributed by atoms with Gasteiger partial charge in [-0.25, -0.2) is 4.79 Å². The van der Waals surface area contributed by atoms with Crippen LogP contribution in [0.1, 0.15) is 98.1 Å². The van der Waals surface area contributed by atoms with Gasteiger partial charge >= 0.3 is 6.03 Å². The molecule has 10 N–H and O–H groups in total. The molecular formula is C59H95N11O13. The van der Waals surface area contributed by atoms with Crippen molar-refractivity contribution in [2.24, 2.45) is 29.4 Å². The van der Waals surface area contributed by atoms with Crippen molar-refractivity contribution in [1.82, 2.24) is 46.6 Å². The standard InChI is InChI=1S/C59H95N11O13/c1-13-38(4)52(69(10)50(75)33-64-57(79)51(37(2)3)68(8)9)46(81-11)30-49(74)70-28-18-22-45(70)53(82-12)39(5)54(76)66-44(29-40-19-15-14-16-20-40)56(78)63-31-41-23-25-43(26-24-41)65-55(77)42(21-17-27-61-58(60)80)32-62-47(72)34-83-35-48(73)67-59(6,7)36-71/h14-16,19-20,23-26,37-39,42,44-46,51-53,71H,13,17-18,21-22,27-36H2,1-12H3,(H,62,72)(H,63,78)(H,64,79)(H,65,77)(H,66,76)(H,67,73)(H3,60,61,80). The van der Waals surface area contributed by atoms with E-state index >= 15 is 0 Å². The lowest BCUT2D eigenvalue weighted by Crippen LogP contribution is -2.55. The number of ether oxygens (including phenoxy) is 3.